The Morgan fingerprint density at radius 1 is 1.00 bits per heavy atom. The Kier molecular flexibility index (Phi) is 5.43. The average Bonchev–Trinajstić information content (AvgIpc) is 2.57. The van der Waals surface area contributed by atoms with Crippen molar-refractivity contribution in [2.45, 2.75) is 64.6 Å². The first-order valence-corrected chi connectivity index (χ1v) is 9.22. The highest BCUT2D eigenvalue weighted by atomic mass is 19.3. The van der Waals surface area contributed by atoms with E-state index < -0.39 is 18.1 Å². The zero-order valence-electron chi connectivity index (χ0n) is 14.6. The fourth-order valence-corrected chi connectivity index (χ4v) is 3.66. The zero-order chi connectivity index (χ0) is 17.2. The molecule has 0 bridgehead atoms. The van der Waals surface area contributed by atoms with E-state index in [4.69, 9.17) is 9.47 Å². The summed E-state index contributed by atoms with van der Waals surface area (Å²) >= 11 is 0. The van der Waals surface area contributed by atoms with Gasteiger partial charge in [0, 0.05) is 5.92 Å². The van der Waals surface area contributed by atoms with Crippen LogP contribution in [0, 0.1) is 17.8 Å². The molecular formula is C20H28F2O2. The van der Waals surface area contributed by atoms with Gasteiger partial charge in [-0.3, -0.25) is 0 Å². The molecular weight excluding hydrogens is 310 g/mol. The van der Waals surface area contributed by atoms with Gasteiger partial charge in [-0.05, 0) is 55.2 Å². The molecule has 2 unspecified atom stereocenters. The maximum Gasteiger partial charge on any atom is 0.358 e. The van der Waals surface area contributed by atoms with E-state index in [0.717, 1.165) is 23.8 Å². The molecule has 1 aliphatic heterocycles. The molecule has 0 radical (unpaired) electrons. The molecule has 1 aliphatic carbocycles. The van der Waals surface area contributed by atoms with Crippen LogP contribution in [0.1, 0.15) is 64.0 Å². The fraction of sp³-hybridized carbons (Fsp3) is 0.700. The molecule has 2 fully saturated rings. The lowest BCUT2D eigenvalue weighted by Crippen LogP contribution is -2.36. The minimum Gasteiger partial charge on any atom is -0.493 e. The maximum absolute atomic E-state index is 13.7. The number of rotatable bonds is 4. The van der Waals surface area contributed by atoms with Crippen molar-refractivity contribution < 1.29 is 18.3 Å². The molecule has 1 heterocycles. The second-order valence-corrected chi connectivity index (χ2v) is 7.65. The summed E-state index contributed by atoms with van der Waals surface area (Å²) in [5.41, 5.74) is 0.806. The van der Waals surface area contributed by atoms with Gasteiger partial charge in [0.05, 0.1) is 12.7 Å². The van der Waals surface area contributed by atoms with Gasteiger partial charge in [-0.2, -0.15) is 8.78 Å². The van der Waals surface area contributed by atoms with Gasteiger partial charge in [-0.1, -0.05) is 38.8 Å². The number of hydrogen-bond acceptors (Lipinski definition) is 2. The number of benzene rings is 1. The molecule has 1 saturated heterocycles. The first-order valence-electron chi connectivity index (χ1n) is 9.22. The Morgan fingerprint density at radius 3 is 2.29 bits per heavy atom. The van der Waals surface area contributed by atoms with Gasteiger partial charge in [-0.15, -0.1) is 0 Å². The number of hydrogen-bond donors (Lipinski definition) is 0. The van der Waals surface area contributed by atoms with E-state index in [1.165, 1.54) is 25.7 Å². The summed E-state index contributed by atoms with van der Waals surface area (Å²) in [4.78, 5) is 0. The maximum atomic E-state index is 13.7. The molecule has 0 N–H and O–H groups in total. The Morgan fingerprint density at radius 2 is 1.67 bits per heavy atom. The summed E-state index contributed by atoms with van der Waals surface area (Å²) in [6, 6.07) is 7.46. The van der Waals surface area contributed by atoms with Crippen LogP contribution in [0.2, 0.25) is 0 Å². The van der Waals surface area contributed by atoms with E-state index in [1.54, 1.807) is 6.92 Å². The summed E-state index contributed by atoms with van der Waals surface area (Å²) < 4.78 is 38.3. The fourth-order valence-electron chi connectivity index (χ4n) is 3.66. The predicted octanol–water partition coefficient (Wildman–Crippen LogP) is 5.97. The van der Waals surface area contributed by atoms with E-state index in [-0.39, 0.29) is 0 Å². The Labute approximate surface area is 143 Å². The van der Waals surface area contributed by atoms with Crippen molar-refractivity contribution in [3.8, 4) is 5.75 Å². The lowest BCUT2D eigenvalue weighted by atomic mass is 9.83. The van der Waals surface area contributed by atoms with Crippen LogP contribution in [-0.2, 0) is 4.74 Å². The van der Waals surface area contributed by atoms with Crippen LogP contribution in [-0.4, -0.2) is 12.7 Å². The van der Waals surface area contributed by atoms with Crippen LogP contribution in [0.15, 0.2) is 24.3 Å². The molecule has 1 aromatic carbocycles. The van der Waals surface area contributed by atoms with E-state index >= 15 is 0 Å². The average molecular weight is 338 g/mol. The van der Waals surface area contributed by atoms with Crippen molar-refractivity contribution in [2.75, 3.05) is 6.61 Å². The molecule has 0 aromatic heterocycles. The van der Waals surface area contributed by atoms with Gasteiger partial charge in [0.1, 0.15) is 5.75 Å². The Balaban J connectivity index is 1.52. The zero-order valence-corrected chi connectivity index (χ0v) is 14.6. The smallest absolute Gasteiger partial charge is 0.358 e. The lowest BCUT2D eigenvalue weighted by Gasteiger charge is -2.34. The van der Waals surface area contributed by atoms with Gasteiger partial charge in [0.15, 0.2) is 0 Å². The molecule has 3 rings (SSSR count). The predicted molar refractivity (Wildman–Crippen MR) is 90.2 cm³/mol. The van der Waals surface area contributed by atoms with Crippen molar-refractivity contribution in [3.05, 3.63) is 29.8 Å². The third-order valence-electron chi connectivity index (χ3n) is 5.61. The van der Waals surface area contributed by atoms with Crippen LogP contribution in [0.5, 0.6) is 5.75 Å². The standard InChI is InChI=1S/C20H28F2O2/c1-14-3-6-16(7-4-14)13-23-18-10-8-17(9-11-18)19-12-5-15(2)20(21,22)24-19/h8-11,14-16,19H,3-7,12-13H2,1-2H3. The minimum atomic E-state index is -3.03. The van der Waals surface area contributed by atoms with E-state index in [1.807, 2.05) is 24.3 Å². The van der Waals surface area contributed by atoms with Crippen LogP contribution in [0.25, 0.3) is 0 Å². The highest BCUT2D eigenvalue weighted by Gasteiger charge is 2.44. The van der Waals surface area contributed by atoms with Crippen LogP contribution >= 0.6 is 0 Å². The largest absolute Gasteiger partial charge is 0.493 e. The Hall–Kier alpha value is -1.16. The second kappa shape index (κ2) is 7.38. The molecule has 2 atom stereocenters. The van der Waals surface area contributed by atoms with E-state index in [0.29, 0.717) is 18.8 Å². The van der Waals surface area contributed by atoms with E-state index in [9.17, 15) is 8.78 Å². The minimum absolute atomic E-state index is 0.482. The van der Waals surface area contributed by atoms with Gasteiger partial charge in [-0.25, -0.2) is 0 Å². The third-order valence-corrected chi connectivity index (χ3v) is 5.61. The van der Waals surface area contributed by atoms with Crippen molar-refractivity contribution >= 4 is 0 Å². The van der Waals surface area contributed by atoms with Crippen LogP contribution in [0.3, 0.4) is 0 Å². The molecule has 1 aromatic rings. The molecule has 24 heavy (non-hydrogen) atoms. The monoisotopic (exact) mass is 338 g/mol. The molecule has 2 aliphatic rings. The van der Waals surface area contributed by atoms with E-state index in [2.05, 4.69) is 6.92 Å². The van der Waals surface area contributed by atoms with Gasteiger partial charge < -0.3 is 9.47 Å². The summed E-state index contributed by atoms with van der Waals surface area (Å²) in [6.45, 7) is 4.61. The summed E-state index contributed by atoms with van der Waals surface area (Å²) in [5, 5.41) is 0. The van der Waals surface area contributed by atoms with Gasteiger partial charge >= 0.3 is 6.11 Å². The summed E-state index contributed by atoms with van der Waals surface area (Å²) in [6.07, 6.45) is 2.62. The third kappa shape index (κ3) is 4.27. The molecule has 4 heteroatoms. The Bertz CT molecular complexity index is 521. The van der Waals surface area contributed by atoms with Crippen molar-refractivity contribution in [1.29, 1.82) is 0 Å². The summed E-state index contributed by atoms with van der Waals surface area (Å²) in [5.74, 6) is 1.59. The lowest BCUT2D eigenvalue weighted by molar-refractivity contribution is -0.313. The SMILES string of the molecule is CC1CCC(COc2ccc(C3CCC(C)C(F)(F)O3)cc2)CC1. The molecule has 134 valence electrons. The second-order valence-electron chi connectivity index (χ2n) is 7.65. The van der Waals surface area contributed by atoms with Crippen molar-refractivity contribution in [1.82, 2.24) is 0 Å². The number of halogens is 2. The number of ether oxygens (including phenoxy) is 2. The van der Waals surface area contributed by atoms with Gasteiger partial charge in [0.2, 0.25) is 0 Å². The molecule has 1 saturated carbocycles. The van der Waals surface area contributed by atoms with Crippen molar-refractivity contribution in [3.63, 3.8) is 0 Å². The number of alkyl halides is 2. The highest BCUT2D eigenvalue weighted by molar-refractivity contribution is 5.29. The first-order chi connectivity index (χ1) is 11.4. The normalized spacial score (nSPS) is 33.2. The highest BCUT2D eigenvalue weighted by Crippen LogP contribution is 2.42. The topological polar surface area (TPSA) is 18.5 Å². The molecule has 2 nitrogen and oxygen atoms in total. The van der Waals surface area contributed by atoms with Crippen LogP contribution < -0.4 is 4.74 Å². The van der Waals surface area contributed by atoms with Gasteiger partial charge in [0.25, 0.3) is 0 Å². The van der Waals surface area contributed by atoms with Crippen molar-refractivity contribution in [2.24, 2.45) is 17.8 Å². The molecule has 0 amide bonds. The quantitative estimate of drug-likeness (QED) is 0.673. The molecule has 0 spiro atoms. The summed E-state index contributed by atoms with van der Waals surface area (Å²) in [7, 11) is 0. The first kappa shape index (κ1) is 17.7. The van der Waals surface area contributed by atoms with Crippen LogP contribution in [0.4, 0.5) is 8.78 Å².